The normalized spacial score (nSPS) is 11.5. The molecule has 20 rings (SSSR count). The summed E-state index contributed by atoms with van der Waals surface area (Å²) in [5, 5.41) is 9.71. The van der Waals surface area contributed by atoms with Crippen molar-refractivity contribution in [1.29, 1.82) is 0 Å². The highest BCUT2D eigenvalue weighted by Gasteiger charge is 2.24. The highest BCUT2D eigenvalue weighted by Crippen LogP contribution is 2.48. The number of fused-ring (bicyclic) bond motifs is 10. The van der Waals surface area contributed by atoms with Crippen LogP contribution in [0.3, 0.4) is 0 Å². The van der Waals surface area contributed by atoms with E-state index in [9.17, 15) is 0 Å². The summed E-state index contributed by atoms with van der Waals surface area (Å²) in [4.78, 5) is 4.85. The minimum absolute atomic E-state index is 1.07. The van der Waals surface area contributed by atoms with Crippen LogP contribution in [0.1, 0.15) is 0 Å². The second-order valence-corrected chi connectivity index (χ2v) is 27.9. The molecule has 0 radical (unpaired) electrons. The first-order valence-electron chi connectivity index (χ1n) is 37.1. The molecule has 0 atom stereocenters. The van der Waals surface area contributed by atoms with E-state index in [-0.39, 0.29) is 0 Å². The molecular weight excluding hydrogens is 1310 g/mol. The van der Waals surface area contributed by atoms with Crippen molar-refractivity contribution in [1.82, 2.24) is 9.13 Å². The standard InChI is InChI=1S/C104H70N4/c1-6-22-71(23-7-1)73-38-40-74(41-39-73)77-48-57-86(58-49-77)106(98-35-19-16-32-92(98)79-26-10-3-11-27-79)90-61-52-82-53-66-102-104(97(82)70-90)95-34-18-21-37-100(95)108(102)87-59-50-78(51-60-87)75-42-44-81(45-43-75)91-64-62-89(69-96(91)80-28-12-4-13-29-80)105(85-55-46-76(47-56-85)72-24-8-2-9-25-72)88-63-65-93-83(68-88)54-67-101-103(93)94-33-17-20-36-99(94)107(101)84-30-14-5-15-31-84/h1-70H. The zero-order valence-electron chi connectivity index (χ0n) is 59.2. The molecular formula is C104H70N4. The number of nitrogens with zero attached hydrogens (tertiary/aromatic N) is 4. The van der Waals surface area contributed by atoms with Crippen molar-refractivity contribution in [2.24, 2.45) is 0 Å². The minimum Gasteiger partial charge on any atom is -0.310 e. The average molecular weight is 1380 g/mol. The highest BCUT2D eigenvalue weighted by molar-refractivity contribution is 6.23. The number of para-hydroxylation sites is 4. The molecule has 2 aromatic heterocycles. The van der Waals surface area contributed by atoms with Gasteiger partial charge in [0.1, 0.15) is 0 Å². The predicted molar refractivity (Wildman–Crippen MR) is 458 cm³/mol. The summed E-state index contributed by atoms with van der Waals surface area (Å²) >= 11 is 0. The number of aromatic nitrogens is 2. The lowest BCUT2D eigenvalue weighted by Crippen LogP contribution is -2.11. The van der Waals surface area contributed by atoms with Crippen LogP contribution in [-0.4, -0.2) is 9.13 Å². The fourth-order valence-corrected chi connectivity index (χ4v) is 16.5. The Morgan fingerprint density at radius 3 is 1.07 bits per heavy atom. The Labute approximate surface area is 628 Å². The maximum atomic E-state index is 2.44. The van der Waals surface area contributed by atoms with Gasteiger partial charge >= 0.3 is 0 Å². The van der Waals surface area contributed by atoms with Gasteiger partial charge in [0.15, 0.2) is 0 Å². The molecule has 108 heavy (non-hydrogen) atoms. The van der Waals surface area contributed by atoms with Gasteiger partial charge in [-0.2, -0.15) is 0 Å². The van der Waals surface area contributed by atoms with Crippen molar-refractivity contribution in [3.8, 4) is 89.3 Å². The van der Waals surface area contributed by atoms with Gasteiger partial charge in [0.05, 0.1) is 27.8 Å². The van der Waals surface area contributed by atoms with Crippen LogP contribution < -0.4 is 9.80 Å². The van der Waals surface area contributed by atoms with Gasteiger partial charge < -0.3 is 18.9 Å². The average Bonchev–Trinajstić information content (AvgIpc) is 1.56. The Morgan fingerprint density at radius 2 is 0.519 bits per heavy atom. The number of rotatable bonds is 15. The maximum absolute atomic E-state index is 2.44. The molecule has 0 saturated carbocycles. The molecule has 4 heteroatoms. The van der Waals surface area contributed by atoms with E-state index in [0.717, 1.165) is 101 Å². The molecule has 0 aliphatic carbocycles. The van der Waals surface area contributed by atoms with Crippen LogP contribution >= 0.6 is 0 Å². The Kier molecular flexibility index (Phi) is 15.9. The van der Waals surface area contributed by atoms with Gasteiger partial charge in [-0.15, -0.1) is 0 Å². The molecule has 18 aromatic carbocycles. The Morgan fingerprint density at radius 1 is 0.167 bits per heavy atom. The first-order chi connectivity index (χ1) is 53.6. The van der Waals surface area contributed by atoms with Crippen LogP contribution in [-0.2, 0) is 0 Å². The van der Waals surface area contributed by atoms with Crippen LogP contribution in [0.15, 0.2) is 425 Å². The highest BCUT2D eigenvalue weighted by atomic mass is 15.1. The molecule has 0 aliphatic heterocycles. The quantitative estimate of drug-likeness (QED) is 0.102. The van der Waals surface area contributed by atoms with E-state index in [1.807, 2.05) is 0 Å². The van der Waals surface area contributed by atoms with Gasteiger partial charge in [-0.3, -0.25) is 0 Å². The van der Waals surface area contributed by atoms with Crippen LogP contribution in [0.4, 0.5) is 34.1 Å². The van der Waals surface area contributed by atoms with Crippen molar-refractivity contribution in [3.63, 3.8) is 0 Å². The summed E-state index contributed by atoms with van der Waals surface area (Å²) in [6.45, 7) is 0. The predicted octanol–water partition coefficient (Wildman–Crippen LogP) is 28.8. The summed E-state index contributed by atoms with van der Waals surface area (Å²) in [6, 6.07) is 155. The third-order valence-electron chi connectivity index (χ3n) is 21.7. The van der Waals surface area contributed by atoms with Crippen molar-refractivity contribution >= 4 is 99.3 Å². The topological polar surface area (TPSA) is 16.3 Å². The van der Waals surface area contributed by atoms with Gasteiger partial charge in [0.25, 0.3) is 0 Å². The molecule has 0 spiro atoms. The van der Waals surface area contributed by atoms with Crippen molar-refractivity contribution in [2.45, 2.75) is 0 Å². The Hall–Kier alpha value is -14.3. The summed E-state index contributed by atoms with van der Waals surface area (Å²) < 4.78 is 4.84. The van der Waals surface area contributed by atoms with E-state index in [4.69, 9.17) is 0 Å². The lowest BCUT2D eigenvalue weighted by Gasteiger charge is -2.28. The summed E-state index contributed by atoms with van der Waals surface area (Å²) in [5.41, 5.74) is 29.8. The van der Waals surface area contributed by atoms with Gasteiger partial charge in [-0.25, -0.2) is 0 Å². The molecule has 20 aromatic rings. The number of hydrogen-bond donors (Lipinski definition) is 0. The van der Waals surface area contributed by atoms with Crippen LogP contribution in [0, 0.1) is 0 Å². The molecule has 506 valence electrons. The molecule has 0 bridgehead atoms. The first-order valence-corrected chi connectivity index (χ1v) is 37.1. The molecule has 4 nitrogen and oxygen atoms in total. The lowest BCUT2D eigenvalue weighted by atomic mass is 9.92. The van der Waals surface area contributed by atoms with Crippen LogP contribution in [0.5, 0.6) is 0 Å². The fraction of sp³-hybridized carbons (Fsp3) is 0. The van der Waals surface area contributed by atoms with E-state index in [2.05, 4.69) is 444 Å². The van der Waals surface area contributed by atoms with E-state index < -0.39 is 0 Å². The van der Waals surface area contributed by atoms with E-state index in [1.165, 1.54) is 87.5 Å². The van der Waals surface area contributed by atoms with E-state index in [0.29, 0.717) is 0 Å². The van der Waals surface area contributed by atoms with E-state index >= 15 is 0 Å². The second-order valence-electron chi connectivity index (χ2n) is 27.9. The van der Waals surface area contributed by atoms with E-state index in [1.54, 1.807) is 0 Å². The molecule has 0 saturated heterocycles. The third-order valence-corrected chi connectivity index (χ3v) is 21.7. The number of anilines is 6. The first kappa shape index (κ1) is 63.4. The summed E-state index contributed by atoms with van der Waals surface area (Å²) in [5.74, 6) is 0. The van der Waals surface area contributed by atoms with Crippen molar-refractivity contribution < 1.29 is 0 Å². The second kappa shape index (κ2) is 27.1. The number of benzene rings is 18. The number of hydrogen-bond acceptors (Lipinski definition) is 2. The Bertz CT molecular complexity index is 6710. The summed E-state index contributed by atoms with van der Waals surface area (Å²) in [7, 11) is 0. The molecule has 0 amide bonds. The smallest absolute Gasteiger partial charge is 0.0547 e. The summed E-state index contributed by atoms with van der Waals surface area (Å²) in [6.07, 6.45) is 0. The lowest BCUT2D eigenvalue weighted by molar-refractivity contribution is 1.18. The van der Waals surface area contributed by atoms with Gasteiger partial charge in [-0.1, -0.05) is 309 Å². The minimum atomic E-state index is 1.07. The van der Waals surface area contributed by atoms with Gasteiger partial charge in [0, 0.05) is 66.9 Å². The van der Waals surface area contributed by atoms with Crippen molar-refractivity contribution in [2.75, 3.05) is 9.80 Å². The largest absolute Gasteiger partial charge is 0.310 e. The zero-order chi connectivity index (χ0) is 71.4. The molecule has 0 N–H and O–H groups in total. The van der Waals surface area contributed by atoms with Gasteiger partial charge in [-0.05, 0) is 209 Å². The zero-order valence-corrected chi connectivity index (χ0v) is 59.2. The van der Waals surface area contributed by atoms with Crippen LogP contribution in [0.25, 0.3) is 154 Å². The Balaban J connectivity index is 0.642. The maximum Gasteiger partial charge on any atom is 0.0547 e. The fourth-order valence-electron chi connectivity index (χ4n) is 16.5. The van der Waals surface area contributed by atoms with Crippen LogP contribution in [0.2, 0.25) is 0 Å². The molecule has 0 unspecified atom stereocenters. The van der Waals surface area contributed by atoms with Crippen molar-refractivity contribution in [3.05, 3.63) is 425 Å². The third kappa shape index (κ3) is 11.4. The van der Waals surface area contributed by atoms with Gasteiger partial charge in [0.2, 0.25) is 0 Å². The molecule has 2 heterocycles. The monoisotopic (exact) mass is 1370 g/mol. The molecule has 0 aliphatic rings. The molecule has 0 fully saturated rings. The SMILES string of the molecule is c1ccc(-c2ccc(-c3ccc(N(c4ccc5ccc6c(c5c4)c4ccccc4n6-c4ccc(-c5ccc(-c6ccc(N(c7ccc(-c8ccccc8)cc7)c7ccc8c(ccc9c8c8ccccc8n9-c8ccccc8)c7)cc6-c6ccccc6)cc5)cc4)c4ccccc4-c4ccccc4)cc3)cc2)cc1.